The van der Waals surface area contributed by atoms with E-state index in [1.807, 2.05) is 30.3 Å². The zero-order valence-electron chi connectivity index (χ0n) is 9.40. The van der Waals surface area contributed by atoms with Crippen LogP contribution in [0.1, 0.15) is 15.9 Å². The lowest BCUT2D eigenvalue weighted by Gasteiger charge is -2.09. The second-order valence-electron chi connectivity index (χ2n) is 3.68. The molecule has 2 rings (SSSR count). The molecule has 0 radical (unpaired) electrons. The molecule has 0 aromatic heterocycles. The third kappa shape index (κ3) is 3.12. The van der Waals surface area contributed by atoms with Gasteiger partial charge in [0.25, 0.3) is 0 Å². The number of halogens is 2. The number of hydrogen-bond donors (Lipinski definition) is 0. The minimum atomic E-state index is 0.397. The van der Waals surface area contributed by atoms with Crippen molar-refractivity contribution in [1.29, 1.82) is 0 Å². The first-order valence-corrected chi connectivity index (χ1v) is 6.49. The van der Waals surface area contributed by atoms with Crippen molar-refractivity contribution >= 4 is 33.8 Å². The summed E-state index contributed by atoms with van der Waals surface area (Å²) < 4.78 is 6.36. The molecule has 0 bridgehead atoms. The molecule has 18 heavy (non-hydrogen) atoms. The van der Waals surface area contributed by atoms with Crippen LogP contribution in [0.25, 0.3) is 0 Å². The standard InChI is InChI=1S/C14H10BrClO2/c15-13-2-1-3-14(12(13)8-17)18-9-10-4-6-11(16)7-5-10/h1-8H,9H2. The molecule has 0 amide bonds. The van der Waals surface area contributed by atoms with E-state index in [0.717, 1.165) is 16.3 Å². The Bertz CT molecular complexity index is 552. The van der Waals surface area contributed by atoms with Crippen LogP contribution >= 0.6 is 27.5 Å². The average molecular weight is 326 g/mol. The molecule has 2 aromatic rings. The highest BCUT2D eigenvalue weighted by atomic mass is 79.9. The fourth-order valence-corrected chi connectivity index (χ4v) is 2.07. The smallest absolute Gasteiger partial charge is 0.154 e. The van der Waals surface area contributed by atoms with Gasteiger partial charge in [-0.05, 0) is 45.8 Å². The summed E-state index contributed by atoms with van der Waals surface area (Å²) in [6, 6.07) is 12.8. The lowest BCUT2D eigenvalue weighted by atomic mass is 10.2. The van der Waals surface area contributed by atoms with E-state index in [0.29, 0.717) is 22.9 Å². The molecular weight excluding hydrogens is 316 g/mol. The summed E-state index contributed by atoms with van der Waals surface area (Å²) in [6.07, 6.45) is 0.779. The molecule has 0 spiro atoms. The highest BCUT2D eigenvalue weighted by Gasteiger charge is 2.06. The Morgan fingerprint density at radius 3 is 2.56 bits per heavy atom. The van der Waals surface area contributed by atoms with E-state index in [2.05, 4.69) is 15.9 Å². The second-order valence-corrected chi connectivity index (χ2v) is 4.98. The van der Waals surface area contributed by atoms with Gasteiger partial charge in [-0.15, -0.1) is 0 Å². The molecule has 0 unspecified atom stereocenters. The van der Waals surface area contributed by atoms with Crippen LogP contribution in [-0.4, -0.2) is 6.29 Å². The van der Waals surface area contributed by atoms with Gasteiger partial charge < -0.3 is 4.74 Å². The highest BCUT2D eigenvalue weighted by molar-refractivity contribution is 9.10. The monoisotopic (exact) mass is 324 g/mol. The van der Waals surface area contributed by atoms with Gasteiger partial charge in [0, 0.05) is 9.50 Å². The van der Waals surface area contributed by atoms with Gasteiger partial charge in [0.05, 0.1) is 5.56 Å². The molecule has 0 atom stereocenters. The van der Waals surface area contributed by atoms with Crippen LogP contribution in [0, 0.1) is 0 Å². The van der Waals surface area contributed by atoms with E-state index in [1.54, 1.807) is 12.1 Å². The van der Waals surface area contributed by atoms with Gasteiger partial charge in [-0.1, -0.05) is 29.8 Å². The molecule has 2 nitrogen and oxygen atoms in total. The summed E-state index contributed by atoms with van der Waals surface area (Å²) in [5, 5.41) is 0.690. The molecular formula is C14H10BrClO2. The molecule has 0 saturated carbocycles. The molecule has 0 aliphatic carbocycles. The van der Waals surface area contributed by atoms with Gasteiger partial charge in [0.15, 0.2) is 6.29 Å². The molecule has 0 aliphatic heterocycles. The topological polar surface area (TPSA) is 26.3 Å². The van der Waals surface area contributed by atoms with Gasteiger partial charge >= 0.3 is 0 Å². The highest BCUT2D eigenvalue weighted by Crippen LogP contribution is 2.25. The minimum absolute atomic E-state index is 0.397. The predicted octanol–water partition coefficient (Wildman–Crippen LogP) is 4.49. The van der Waals surface area contributed by atoms with E-state index in [1.165, 1.54) is 0 Å². The summed E-state index contributed by atoms with van der Waals surface area (Å²) >= 11 is 9.12. The molecule has 2 aromatic carbocycles. The first-order valence-electron chi connectivity index (χ1n) is 5.31. The Hall–Kier alpha value is -1.32. The lowest BCUT2D eigenvalue weighted by Crippen LogP contribution is -1.98. The van der Waals surface area contributed by atoms with Crippen molar-refractivity contribution in [3.05, 3.63) is 63.1 Å². The summed E-state index contributed by atoms with van der Waals surface area (Å²) in [5.74, 6) is 0.564. The molecule has 0 heterocycles. The number of rotatable bonds is 4. The first-order chi connectivity index (χ1) is 8.70. The number of carbonyl (C=O) groups excluding carboxylic acids is 1. The number of benzene rings is 2. The summed E-state index contributed by atoms with van der Waals surface area (Å²) in [6.45, 7) is 0.397. The van der Waals surface area contributed by atoms with E-state index >= 15 is 0 Å². The van der Waals surface area contributed by atoms with Crippen molar-refractivity contribution in [2.45, 2.75) is 6.61 Å². The Labute approximate surface area is 119 Å². The third-order valence-corrected chi connectivity index (χ3v) is 3.38. The van der Waals surface area contributed by atoms with Crippen molar-refractivity contribution in [1.82, 2.24) is 0 Å². The van der Waals surface area contributed by atoms with Crippen molar-refractivity contribution in [2.24, 2.45) is 0 Å². The lowest BCUT2D eigenvalue weighted by molar-refractivity contribution is 0.111. The SMILES string of the molecule is O=Cc1c(Br)cccc1OCc1ccc(Cl)cc1. The maximum Gasteiger partial charge on any atom is 0.154 e. The third-order valence-electron chi connectivity index (χ3n) is 2.44. The van der Waals surface area contributed by atoms with E-state index in [9.17, 15) is 4.79 Å². The van der Waals surface area contributed by atoms with Crippen LogP contribution in [0.15, 0.2) is 46.9 Å². The Morgan fingerprint density at radius 1 is 1.17 bits per heavy atom. The molecule has 92 valence electrons. The van der Waals surface area contributed by atoms with Crippen LogP contribution < -0.4 is 4.74 Å². The van der Waals surface area contributed by atoms with Gasteiger partial charge in [0.2, 0.25) is 0 Å². The fraction of sp³-hybridized carbons (Fsp3) is 0.0714. The van der Waals surface area contributed by atoms with Crippen molar-refractivity contribution in [3.63, 3.8) is 0 Å². The van der Waals surface area contributed by atoms with Crippen molar-refractivity contribution in [2.75, 3.05) is 0 Å². The Morgan fingerprint density at radius 2 is 1.89 bits per heavy atom. The van der Waals surface area contributed by atoms with Crippen LogP contribution in [0.5, 0.6) is 5.75 Å². The normalized spacial score (nSPS) is 10.1. The first kappa shape index (κ1) is 13.1. The molecule has 0 fully saturated rings. The van der Waals surface area contributed by atoms with Crippen molar-refractivity contribution in [3.8, 4) is 5.75 Å². The Kier molecular flexibility index (Phi) is 4.39. The van der Waals surface area contributed by atoms with E-state index < -0.39 is 0 Å². The summed E-state index contributed by atoms with van der Waals surface area (Å²) in [5.41, 5.74) is 1.52. The maximum absolute atomic E-state index is 11.0. The second kappa shape index (κ2) is 6.03. The van der Waals surface area contributed by atoms with Gasteiger partial charge in [-0.25, -0.2) is 0 Å². The van der Waals surface area contributed by atoms with Crippen LogP contribution in [0.4, 0.5) is 0 Å². The Balaban J connectivity index is 2.13. The average Bonchev–Trinajstić information content (AvgIpc) is 2.38. The zero-order chi connectivity index (χ0) is 13.0. The van der Waals surface area contributed by atoms with Crippen molar-refractivity contribution < 1.29 is 9.53 Å². The fourth-order valence-electron chi connectivity index (χ4n) is 1.50. The van der Waals surface area contributed by atoms with Crippen LogP contribution in [0.3, 0.4) is 0 Å². The number of hydrogen-bond acceptors (Lipinski definition) is 2. The zero-order valence-corrected chi connectivity index (χ0v) is 11.7. The van der Waals surface area contributed by atoms with E-state index in [4.69, 9.17) is 16.3 Å². The molecule has 4 heteroatoms. The quantitative estimate of drug-likeness (QED) is 0.774. The van der Waals surface area contributed by atoms with Gasteiger partial charge in [-0.2, -0.15) is 0 Å². The molecule has 0 aliphatic rings. The maximum atomic E-state index is 11.0. The van der Waals surface area contributed by atoms with Gasteiger partial charge in [0.1, 0.15) is 12.4 Å². The predicted molar refractivity (Wildman–Crippen MR) is 75.3 cm³/mol. The minimum Gasteiger partial charge on any atom is -0.488 e. The largest absolute Gasteiger partial charge is 0.488 e. The number of carbonyl (C=O) groups is 1. The van der Waals surface area contributed by atoms with E-state index in [-0.39, 0.29) is 0 Å². The van der Waals surface area contributed by atoms with Gasteiger partial charge in [-0.3, -0.25) is 4.79 Å². The molecule has 0 N–H and O–H groups in total. The number of ether oxygens (including phenoxy) is 1. The van der Waals surface area contributed by atoms with Crippen LogP contribution in [-0.2, 0) is 6.61 Å². The molecule has 0 saturated heterocycles. The number of aldehydes is 1. The summed E-state index contributed by atoms with van der Waals surface area (Å²) in [4.78, 5) is 11.0. The van der Waals surface area contributed by atoms with Crippen LogP contribution in [0.2, 0.25) is 5.02 Å². The summed E-state index contributed by atoms with van der Waals surface area (Å²) in [7, 11) is 0.